The fourth-order valence-corrected chi connectivity index (χ4v) is 1.62. The van der Waals surface area contributed by atoms with E-state index in [-0.39, 0.29) is 12.3 Å². The van der Waals surface area contributed by atoms with Crippen LogP contribution in [-0.2, 0) is 11.2 Å². The van der Waals surface area contributed by atoms with Crippen molar-refractivity contribution < 1.29 is 30.3 Å². The summed E-state index contributed by atoms with van der Waals surface area (Å²) >= 11 is 0. The maximum absolute atomic E-state index is 11.5. The molecule has 0 bridgehead atoms. The topological polar surface area (TPSA) is 130 Å². The van der Waals surface area contributed by atoms with E-state index in [1.54, 1.807) is 18.2 Å². The molecule has 0 saturated carbocycles. The van der Waals surface area contributed by atoms with Crippen molar-refractivity contribution in [2.45, 2.75) is 24.7 Å². The van der Waals surface area contributed by atoms with E-state index in [1.165, 1.54) is 6.07 Å². The SMILES string of the molecule is O=C(NCCc1ccccc1O)[C@@H](O)[C@H](O)[C@H](O)CO. The standard InChI is InChI=1S/C13H19NO6/c15-7-10(17)11(18)12(19)13(20)14-6-5-8-3-1-2-4-9(8)16/h1-4,10-12,15-19H,5-7H2,(H,14,20)/t10-,11-,12+/m1/s1. The van der Waals surface area contributed by atoms with Crippen LogP contribution in [0.25, 0.3) is 0 Å². The summed E-state index contributed by atoms with van der Waals surface area (Å²) in [5.41, 5.74) is 0.637. The summed E-state index contributed by atoms with van der Waals surface area (Å²) in [5.74, 6) is -0.751. The van der Waals surface area contributed by atoms with Gasteiger partial charge in [-0.1, -0.05) is 18.2 Å². The third-order valence-corrected chi connectivity index (χ3v) is 2.86. The third-order valence-electron chi connectivity index (χ3n) is 2.86. The zero-order chi connectivity index (χ0) is 15.1. The molecule has 6 N–H and O–H groups in total. The van der Waals surface area contributed by atoms with Crippen molar-refractivity contribution in [2.75, 3.05) is 13.2 Å². The molecule has 0 heterocycles. The maximum Gasteiger partial charge on any atom is 0.251 e. The van der Waals surface area contributed by atoms with Gasteiger partial charge in [0.1, 0.15) is 18.0 Å². The summed E-state index contributed by atoms with van der Waals surface area (Å²) in [5, 5.41) is 48.4. The van der Waals surface area contributed by atoms with Gasteiger partial charge in [0.25, 0.3) is 5.91 Å². The lowest BCUT2D eigenvalue weighted by Crippen LogP contribution is -2.48. The van der Waals surface area contributed by atoms with E-state index in [2.05, 4.69) is 5.32 Å². The zero-order valence-electron chi connectivity index (χ0n) is 10.8. The van der Waals surface area contributed by atoms with E-state index in [4.69, 9.17) is 10.2 Å². The van der Waals surface area contributed by atoms with Crippen LogP contribution in [0.3, 0.4) is 0 Å². The van der Waals surface area contributed by atoms with E-state index in [9.17, 15) is 20.1 Å². The van der Waals surface area contributed by atoms with Crippen molar-refractivity contribution in [1.29, 1.82) is 0 Å². The number of rotatable bonds is 7. The lowest BCUT2D eigenvalue weighted by atomic mass is 10.1. The number of amides is 1. The Morgan fingerprint density at radius 2 is 1.85 bits per heavy atom. The number of aliphatic hydroxyl groups is 4. The predicted octanol–water partition coefficient (Wildman–Crippen LogP) is -1.87. The minimum absolute atomic E-state index is 0.109. The van der Waals surface area contributed by atoms with Gasteiger partial charge >= 0.3 is 0 Å². The van der Waals surface area contributed by atoms with Gasteiger partial charge in [0.05, 0.1) is 6.61 Å². The molecule has 0 spiro atoms. The Kier molecular flexibility index (Phi) is 6.40. The fraction of sp³-hybridized carbons (Fsp3) is 0.462. The molecular weight excluding hydrogens is 266 g/mol. The number of hydrogen-bond donors (Lipinski definition) is 6. The van der Waals surface area contributed by atoms with Crippen LogP contribution in [0.5, 0.6) is 5.75 Å². The third kappa shape index (κ3) is 4.46. The number of phenolic OH excluding ortho intramolecular Hbond substituents is 1. The highest BCUT2D eigenvalue weighted by Crippen LogP contribution is 2.15. The molecule has 0 aromatic heterocycles. The molecule has 0 radical (unpaired) electrons. The first-order chi connectivity index (χ1) is 9.47. The molecule has 3 atom stereocenters. The largest absolute Gasteiger partial charge is 0.508 e. The van der Waals surface area contributed by atoms with Crippen molar-refractivity contribution in [3.05, 3.63) is 29.8 Å². The molecule has 1 aromatic carbocycles. The summed E-state index contributed by atoms with van der Waals surface area (Å²) in [6, 6.07) is 6.64. The van der Waals surface area contributed by atoms with Gasteiger partial charge in [-0.2, -0.15) is 0 Å². The van der Waals surface area contributed by atoms with Gasteiger partial charge in [0.15, 0.2) is 6.10 Å². The van der Waals surface area contributed by atoms with Crippen LogP contribution in [-0.4, -0.2) is 62.9 Å². The average Bonchev–Trinajstić information content (AvgIpc) is 2.46. The first-order valence-corrected chi connectivity index (χ1v) is 6.17. The number of carbonyl (C=O) groups is 1. The Hall–Kier alpha value is -1.67. The molecular formula is C13H19NO6. The van der Waals surface area contributed by atoms with Crippen molar-refractivity contribution >= 4 is 5.91 Å². The average molecular weight is 285 g/mol. The van der Waals surface area contributed by atoms with Crippen LogP contribution in [0.2, 0.25) is 0 Å². The highest BCUT2D eigenvalue weighted by atomic mass is 16.4. The van der Waals surface area contributed by atoms with E-state index in [0.717, 1.165) is 0 Å². The Labute approximate surface area is 116 Å². The highest BCUT2D eigenvalue weighted by Gasteiger charge is 2.29. The predicted molar refractivity (Wildman–Crippen MR) is 69.9 cm³/mol. The number of phenols is 1. The lowest BCUT2D eigenvalue weighted by Gasteiger charge is -2.20. The van der Waals surface area contributed by atoms with Gasteiger partial charge in [-0.25, -0.2) is 0 Å². The number of carbonyl (C=O) groups excluding carboxylic acids is 1. The summed E-state index contributed by atoms with van der Waals surface area (Å²) in [7, 11) is 0. The monoisotopic (exact) mass is 285 g/mol. The highest BCUT2D eigenvalue weighted by molar-refractivity contribution is 5.81. The van der Waals surface area contributed by atoms with Crippen LogP contribution in [0.15, 0.2) is 24.3 Å². The van der Waals surface area contributed by atoms with E-state index < -0.39 is 30.8 Å². The van der Waals surface area contributed by atoms with Gasteiger partial charge in [-0.15, -0.1) is 0 Å². The molecule has 0 aliphatic rings. The molecule has 1 amide bonds. The Bertz CT molecular complexity index is 439. The number of aliphatic hydroxyl groups excluding tert-OH is 4. The minimum Gasteiger partial charge on any atom is -0.508 e. The molecule has 0 unspecified atom stereocenters. The summed E-state index contributed by atoms with van der Waals surface area (Å²) in [4.78, 5) is 11.5. The molecule has 0 aliphatic carbocycles. The molecule has 7 heteroatoms. The maximum atomic E-state index is 11.5. The van der Waals surface area contributed by atoms with Crippen molar-refractivity contribution in [2.24, 2.45) is 0 Å². The van der Waals surface area contributed by atoms with Crippen molar-refractivity contribution in [3.8, 4) is 5.75 Å². The van der Waals surface area contributed by atoms with Crippen LogP contribution in [0, 0.1) is 0 Å². The normalized spacial score (nSPS) is 15.4. The molecule has 1 aromatic rings. The Morgan fingerprint density at radius 3 is 2.45 bits per heavy atom. The van der Waals surface area contributed by atoms with Crippen LogP contribution in [0.4, 0.5) is 0 Å². The second-order valence-electron chi connectivity index (χ2n) is 4.36. The molecule has 112 valence electrons. The Balaban J connectivity index is 2.42. The summed E-state index contributed by atoms with van der Waals surface area (Å²) in [6.45, 7) is -0.612. The second kappa shape index (κ2) is 7.81. The Morgan fingerprint density at radius 1 is 1.20 bits per heavy atom. The first-order valence-electron chi connectivity index (χ1n) is 6.17. The van der Waals surface area contributed by atoms with Crippen LogP contribution >= 0.6 is 0 Å². The number of para-hydroxylation sites is 1. The molecule has 1 rings (SSSR count). The smallest absolute Gasteiger partial charge is 0.251 e. The summed E-state index contributed by atoms with van der Waals surface area (Å²) < 4.78 is 0. The van der Waals surface area contributed by atoms with E-state index in [1.807, 2.05) is 0 Å². The number of benzene rings is 1. The quantitative estimate of drug-likeness (QED) is 0.348. The molecule has 7 nitrogen and oxygen atoms in total. The van der Waals surface area contributed by atoms with Crippen LogP contribution < -0.4 is 5.32 Å². The number of aromatic hydroxyl groups is 1. The van der Waals surface area contributed by atoms with Gasteiger partial charge < -0.3 is 30.8 Å². The number of hydrogen-bond acceptors (Lipinski definition) is 6. The molecule has 20 heavy (non-hydrogen) atoms. The van der Waals surface area contributed by atoms with Crippen molar-refractivity contribution in [3.63, 3.8) is 0 Å². The number of nitrogens with one attached hydrogen (secondary N) is 1. The van der Waals surface area contributed by atoms with Crippen molar-refractivity contribution in [1.82, 2.24) is 5.32 Å². The molecule has 0 fully saturated rings. The second-order valence-corrected chi connectivity index (χ2v) is 4.36. The van der Waals surface area contributed by atoms with Crippen LogP contribution in [0.1, 0.15) is 5.56 Å². The first kappa shape index (κ1) is 16.4. The van der Waals surface area contributed by atoms with Gasteiger partial charge in [-0.05, 0) is 18.1 Å². The summed E-state index contributed by atoms with van der Waals surface area (Å²) in [6.07, 6.45) is -4.83. The van der Waals surface area contributed by atoms with Gasteiger partial charge in [0, 0.05) is 6.54 Å². The fourth-order valence-electron chi connectivity index (χ4n) is 1.62. The zero-order valence-corrected chi connectivity index (χ0v) is 10.8. The molecule has 0 saturated heterocycles. The van der Waals surface area contributed by atoms with E-state index >= 15 is 0 Å². The van der Waals surface area contributed by atoms with Gasteiger partial charge in [0.2, 0.25) is 0 Å². The molecule has 0 aliphatic heterocycles. The van der Waals surface area contributed by atoms with E-state index in [0.29, 0.717) is 12.0 Å². The van der Waals surface area contributed by atoms with Gasteiger partial charge in [-0.3, -0.25) is 4.79 Å². The lowest BCUT2D eigenvalue weighted by molar-refractivity contribution is -0.142. The minimum atomic E-state index is -1.83.